The van der Waals surface area contributed by atoms with Gasteiger partial charge in [0.2, 0.25) is 6.10 Å². The molecular weight excluding hydrogens is 321 g/mol. The highest BCUT2D eigenvalue weighted by atomic mass is 19.1. The maximum absolute atomic E-state index is 13.2. The molecule has 0 aromatic heterocycles. The highest BCUT2D eigenvalue weighted by Gasteiger charge is 2.31. The molecule has 5 heteroatoms. The summed E-state index contributed by atoms with van der Waals surface area (Å²) in [4.78, 5) is 24.7. The summed E-state index contributed by atoms with van der Waals surface area (Å²) in [5, 5.41) is 2.87. The van der Waals surface area contributed by atoms with Crippen LogP contribution in [0.15, 0.2) is 24.3 Å². The van der Waals surface area contributed by atoms with Gasteiger partial charge in [0.05, 0.1) is 0 Å². The molecule has 0 heterocycles. The normalized spacial score (nSPS) is 19.2. The number of ether oxygens (including phenoxy) is 1. The van der Waals surface area contributed by atoms with Gasteiger partial charge in [-0.3, -0.25) is 9.59 Å². The average Bonchev–Trinajstić information content (AvgIpc) is 3.43. The number of nitrogens with one attached hydrogen (secondary N) is 1. The van der Waals surface area contributed by atoms with Gasteiger partial charge in [0, 0.05) is 18.0 Å². The van der Waals surface area contributed by atoms with Crippen molar-refractivity contribution in [2.45, 2.75) is 69.9 Å². The van der Waals surface area contributed by atoms with Crippen LogP contribution in [0.4, 0.5) is 4.39 Å². The van der Waals surface area contributed by atoms with E-state index in [1.807, 2.05) is 0 Å². The van der Waals surface area contributed by atoms with Crippen molar-refractivity contribution in [2.24, 2.45) is 5.92 Å². The van der Waals surface area contributed by atoms with E-state index in [0.29, 0.717) is 17.9 Å². The number of esters is 1. The lowest BCUT2D eigenvalue weighted by Crippen LogP contribution is -2.33. The maximum Gasteiger partial charge on any atom is 0.306 e. The first-order valence-electron chi connectivity index (χ1n) is 9.37. The van der Waals surface area contributed by atoms with E-state index in [0.717, 1.165) is 19.3 Å². The summed E-state index contributed by atoms with van der Waals surface area (Å²) >= 11 is 0. The van der Waals surface area contributed by atoms with Crippen molar-refractivity contribution in [1.29, 1.82) is 0 Å². The van der Waals surface area contributed by atoms with E-state index in [1.165, 1.54) is 56.4 Å². The number of amides is 1. The monoisotopic (exact) mass is 347 g/mol. The highest BCUT2D eigenvalue weighted by molar-refractivity contribution is 5.85. The fourth-order valence-electron chi connectivity index (χ4n) is 3.40. The van der Waals surface area contributed by atoms with Gasteiger partial charge in [-0.1, -0.05) is 44.2 Å². The number of halogens is 1. The van der Waals surface area contributed by atoms with Crippen molar-refractivity contribution in [1.82, 2.24) is 5.32 Å². The molecule has 1 amide bonds. The van der Waals surface area contributed by atoms with E-state index in [-0.39, 0.29) is 23.7 Å². The first kappa shape index (κ1) is 17.9. The van der Waals surface area contributed by atoms with Gasteiger partial charge in [0.15, 0.2) is 0 Å². The molecule has 0 radical (unpaired) electrons. The van der Waals surface area contributed by atoms with Gasteiger partial charge in [-0.15, -0.1) is 0 Å². The Kier molecular flexibility index (Phi) is 6.05. The van der Waals surface area contributed by atoms with E-state index in [4.69, 9.17) is 4.74 Å². The van der Waals surface area contributed by atoms with Gasteiger partial charge in [-0.2, -0.15) is 0 Å². The molecule has 1 N–H and O–H groups in total. The third-order valence-electron chi connectivity index (χ3n) is 5.07. The first-order chi connectivity index (χ1) is 12.1. The largest absolute Gasteiger partial charge is 0.447 e. The van der Waals surface area contributed by atoms with Crippen LogP contribution in [0.3, 0.4) is 0 Å². The van der Waals surface area contributed by atoms with E-state index in [1.54, 1.807) is 0 Å². The summed E-state index contributed by atoms with van der Waals surface area (Å²) in [6.45, 7) is 0. The van der Waals surface area contributed by atoms with E-state index >= 15 is 0 Å². The van der Waals surface area contributed by atoms with Crippen LogP contribution in [0, 0.1) is 11.7 Å². The second-order valence-electron chi connectivity index (χ2n) is 7.25. The molecule has 2 saturated carbocycles. The summed E-state index contributed by atoms with van der Waals surface area (Å²) < 4.78 is 18.6. The molecule has 1 aromatic carbocycles. The highest BCUT2D eigenvalue weighted by Crippen LogP contribution is 2.28. The third-order valence-corrected chi connectivity index (χ3v) is 5.07. The van der Waals surface area contributed by atoms with Gasteiger partial charge in [0.1, 0.15) is 5.82 Å². The standard InChI is InChI=1S/C20H26FNO3/c21-16-9-7-15(8-10-16)19(20(24)22-17-11-12-17)25-18(23)13-6-14-4-2-1-3-5-14/h7-10,14,17,19H,1-6,11-13H2,(H,22,24). The van der Waals surface area contributed by atoms with Crippen LogP contribution >= 0.6 is 0 Å². The quantitative estimate of drug-likeness (QED) is 0.757. The van der Waals surface area contributed by atoms with Crippen LogP contribution in [0.5, 0.6) is 0 Å². The summed E-state index contributed by atoms with van der Waals surface area (Å²) in [6, 6.07) is 5.74. The predicted molar refractivity (Wildman–Crippen MR) is 92.2 cm³/mol. The van der Waals surface area contributed by atoms with Crippen LogP contribution in [-0.4, -0.2) is 17.9 Å². The van der Waals surface area contributed by atoms with Gasteiger partial charge < -0.3 is 10.1 Å². The number of benzene rings is 1. The molecule has 2 aliphatic carbocycles. The zero-order valence-electron chi connectivity index (χ0n) is 14.5. The molecule has 2 aliphatic rings. The van der Waals surface area contributed by atoms with E-state index in [2.05, 4.69) is 5.32 Å². The summed E-state index contributed by atoms with van der Waals surface area (Å²) in [5.74, 6) is -0.467. The van der Waals surface area contributed by atoms with Crippen molar-refractivity contribution >= 4 is 11.9 Å². The molecule has 136 valence electrons. The lowest BCUT2D eigenvalue weighted by molar-refractivity contribution is -0.156. The smallest absolute Gasteiger partial charge is 0.306 e. The third kappa shape index (κ3) is 5.55. The molecular formula is C20H26FNO3. The number of carbonyl (C=O) groups excluding carboxylic acids is 2. The van der Waals surface area contributed by atoms with Crippen LogP contribution in [0.25, 0.3) is 0 Å². The minimum absolute atomic E-state index is 0.177. The molecule has 0 aliphatic heterocycles. The lowest BCUT2D eigenvalue weighted by Gasteiger charge is -2.22. The van der Waals surface area contributed by atoms with Crippen molar-refractivity contribution in [3.05, 3.63) is 35.6 Å². The second kappa shape index (κ2) is 8.45. The lowest BCUT2D eigenvalue weighted by atomic mass is 9.86. The number of carbonyl (C=O) groups is 2. The minimum Gasteiger partial charge on any atom is -0.447 e. The van der Waals surface area contributed by atoms with Crippen molar-refractivity contribution < 1.29 is 18.7 Å². The Labute approximate surface area is 148 Å². The summed E-state index contributed by atoms with van der Waals surface area (Å²) in [5.41, 5.74) is 0.505. The van der Waals surface area contributed by atoms with Gasteiger partial charge in [0.25, 0.3) is 5.91 Å². The predicted octanol–water partition coefficient (Wildman–Crippen LogP) is 4.05. The Morgan fingerprint density at radius 1 is 1.08 bits per heavy atom. The fraction of sp³-hybridized carbons (Fsp3) is 0.600. The average molecular weight is 347 g/mol. The first-order valence-corrected chi connectivity index (χ1v) is 9.37. The molecule has 1 atom stereocenters. The molecule has 0 bridgehead atoms. The van der Waals surface area contributed by atoms with Crippen molar-refractivity contribution in [3.8, 4) is 0 Å². The molecule has 1 unspecified atom stereocenters. The Balaban J connectivity index is 1.58. The maximum atomic E-state index is 13.2. The van der Waals surface area contributed by atoms with Crippen molar-refractivity contribution in [3.63, 3.8) is 0 Å². The van der Waals surface area contributed by atoms with Gasteiger partial charge in [-0.05, 0) is 37.3 Å². The Bertz CT molecular complexity index is 591. The topological polar surface area (TPSA) is 55.4 Å². The van der Waals surface area contributed by atoms with Crippen LogP contribution in [0.2, 0.25) is 0 Å². The zero-order valence-corrected chi connectivity index (χ0v) is 14.5. The number of hydrogen-bond donors (Lipinski definition) is 1. The summed E-state index contributed by atoms with van der Waals surface area (Å²) in [6.07, 6.45) is 8.18. The fourth-order valence-corrected chi connectivity index (χ4v) is 3.40. The Morgan fingerprint density at radius 3 is 2.40 bits per heavy atom. The molecule has 2 fully saturated rings. The van der Waals surface area contributed by atoms with Gasteiger partial charge in [-0.25, -0.2) is 4.39 Å². The molecule has 0 spiro atoms. The van der Waals surface area contributed by atoms with Crippen LogP contribution in [0.1, 0.15) is 69.5 Å². The number of hydrogen-bond acceptors (Lipinski definition) is 3. The molecule has 25 heavy (non-hydrogen) atoms. The SMILES string of the molecule is O=C(CCC1CCCCC1)OC(C(=O)NC1CC1)c1ccc(F)cc1. The second-order valence-corrected chi connectivity index (χ2v) is 7.25. The minimum atomic E-state index is -1.000. The molecule has 3 rings (SSSR count). The molecule has 4 nitrogen and oxygen atoms in total. The number of rotatable bonds is 7. The summed E-state index contributed by atoms with van der Waals surface area (Å²) in [7, 11) is 0. The van der Waals surface area contributed by atoms with Crippen LogP contribution < -0.4 is 5.32 Å². The molecule has 0 saturated heterocycles. The Morgan fingerprint density at radius 2 is 1.76 bits per heavy atom. The van der Waals surface area contributed by atoms with Crippen LogP contribution in [-0.2, 0) is 14.3 Å². The van der Waals surface area contributed by atoms with Crippen molar-refractivity contribution in [2.75, 3.05) is 0 Å². The Hall–Kier alpha value is -1.91. The van der Waals surface area contributed by atoms with Gasteiger partial charge >= 0.3 is 5.97 Å². The molecule has 1 aromatic rings. The van der Waals surface area contributed by atoms with E-state index < -0.39 is 6.10 Å². The zero-order chi connectivity index (χ0) is 17.6. The van der Waals surface area contributed by atoms with E-state index in [9.17, 15) is 14.0 Å².